The van der Waals surface area contributed by atoms with Crippen molar-refractivity contribution in [1.82, 2.24) is 10.2 Å². The molecule has 0 heterocycles. The highest BCUT2D eigenvalue weighted by Gasteiger charge is 2.30. The van der Waals surface area contributed by atoms with Crippen LogP contribution in [0.1, 0.15) is 36.8 Å². The van der Waals surface area contributed by atoms with Gasteiger partial charge in [0.25, 0.3) is 5.91 Å². The molecular formula is C42H47N3O6. The zero-order chi connectivity index (χ0) is 36.4. The van der Waals surface area contributed by atoms with Crippen molar-refractivity contribution in [3.05, 3.63) is 140 Å². The predicted octanol–water partition coefficient (Wildman–Crippen LogP) is 6.23. The van der Waals surface area contributed by atoms with E-state index in [9.17, 15) is 24.3 Å². The Morgan fingerprint density at radius 2 is 1.45 bits per heavy atom. The number of carbonyl (C=O) groups excluding carboxylic acids is 4. The van der Waals surface area contributed by atoms with E-state index in [4.69, 9.17) is 4.74 Å². The topological polar surface area (TPSA) is 125 Å². The molecule has 9 heteroatoms. The highest BCUT2D eigenvalue weighted by atomic mass is 16.5. The molecule has 9 nitrogen and oxygen atoms in total. The molecule has 0 saturated heterocycles. The number of anilines is 1. The van der Waals surface area contributed by atoms with Crippen LogP contribution in [0.4, 0.5) is 5.69 Å². The second kappa shape index (κ2) is 20.2. The summed E-state index contributed by atoms with van der Waals surface area (Å²) < 4.78 is 5.75. The average molecular weight is 690 g/mol. The Morgan fingerprint density at radius 1 is 0.784 bits per heavy atom. The Bertz CT molecular complexity index is 1760. The summed E-state index contributed by atoms with van der Waals surface area (Å²) in [5, 5.41) is 17.2. The van der Waals surface area contributed by atoms with Gasteiger partial charge in [-0.05, 0) is 59.7 Å². The van der Waals surface area contributed by atoms with E-state index in [1.54, 1.807) is 18.2 Å². The summed E-state index contributed by atoms with van der Waals surface area (Å²) in [5.74, 6) is -3.31. The van der Waals surface area contributed by atoms with Crippen LogP contribution in [-0.2, 0) is 36.9 Å². The van der Waals surface area contributed by atoms with Crippen molar-refractivity contribution in [3.8, 4) is 0 Å². The summed E-state index contributed by atoms with van der Waals surface area (Å²) >= 11 is 0. The molecule has 4 rings (SSSR count). The number of ether oxygens (including phenoxy) is 1. The second-order valence-electron chi connectivity index (χ2n) is 12.4. The maximum absolute atomic E-state index is 13.8. The van der Waals surface area contributed by atoms with Gasteiger partial charge in [0.15, 0.2) is 0 Å². The summed E-state index contributed by atoms with van der Waals surface area (Å²) in [6.07, 6.45) is 4.83. The van der Waals surface area contributed by atoms with Gasteiger partial charge in [0.1, 0.15) is 12.6 Å². The van der Waals surface area contributed by atoms with Crippen LogP contribution in [-0.4, -0.2) is 59.5 Å². The Labute approximate surface area is 300 Å². The molecule has 0 aliphatic heterocycles. The Balaban J connectivity index is 1.52. The first-order valence-electron chi connectivity index (χ1n) is 17.3. The Hall–Kier alpha value is -5.54. The number of nitrogens with one attached hydrogen (secondary N) is 2. The minimum atomic E-state index is -1.26. The third-order valence-corrected chi connectivity index (χ3v) is 8.60. The van der Waals surface area contributed by atoms with E-state index in [-0.39, 0.29) is 38.4 Å². The first kappa shape index (κ1) is 38.3. The standard InChI is InChI=1S/C42H47N3O6/c1-3-5-19-36(26-31-15-8-6-9-16-31)42(50)51-30-38(41(49)43-37-23-22-33-20-12-13-21-34(33)27-37)44-40(48)35(14-4-2)28-39(47)45(24-25-46)29-32-17-10-7-11-18-32/h3-4,6-13,15-18,20-23,27,35-36,38,46H,1-2,5,14,19,24-26,28-30H2,(H,43,49)(H,44,48)/t35-,36+,38-/m0/s1. The van der Waals surface area contributed by atoms with Gasteiger partial charge in [0, 0.05) is 25.2 Å². The summed E-state index contributed by atoms with van der Waals surface area (Å²) in [6, 6.07) is 30.9. The van der Waals surface area contributed by atoms with Gasteiger partial charge in [-0.25, -0.2) is 0 Å². The van der Waals surface area contributed by atoms with Crippen LogP contribution in [0.15, 0.2) is 128 Å². The molecule has 0 saturated carbocycles. The normalized spacial score (nSPS) is 12.6. The molecule has 266 valence electrons. The van der Waals surface area contributed by atoms with Crippen LogP contribution in [0.3, 0.4) is 0 Å². The number of nitrogens with zero attached hydrogens (tertiary/aromatic N) is 1. The molecule has 4 aromatic rings. The van der Waals surface area contributed by atoms with Crippen molar-refractivity contribution in [2.24, 2.45) is 11.8 Å². The van der Waals surface area contributed by atoms with E-state index >= 15 is 0 Å². The quantitative estimate of drug-likeness (QED) is 0.0746. The highest BCUT2D eigenvalue weighted by Crippen LogP contribution is 2.21. The molecule has 3 N–H and O–H groups in total. The molecule has 0 unspecified atom stereocenters. The zero-order valence-electron chi connectivity index (χ0n) is 28.9. The van der Waals surface area contributed by atoms with Crippen LogP contribution < -0.4 is 10.6 Å². The number of amides is 3. The van der Waals surface area contributed by atoms with Gasteiger partial charge < -0.3 is 25.4 Å². The van der Waals surface area contributed by atoms with Crippen molar-refractivity contribution in [1.29, 1.82) is 0 Å². The van der Waals surface area contributed by atoms with Crippen LogP contribution in [0.5, 0.6) is 0 Å². The van der Waals surface area contributed by atoms with E-state index in [0.29, 0.717) is 24.9 Å². The van der Waals surface area contributed by atoms with Crippen molar-refractivity contribution in [3.63, 3.8) is 0 Å². The fourth-order valence-electron chi connectivity index (χ4n) is 5.81. The van der Waals surface area contributed by atoms with Gasteiger partial charge in [-0.15, -0.1) is 13.2 Å². The number of carbonyl (C=O) groups is 4. The Morgan fingerprint density at radius 3 is 2.12 bits per heavy atom. The minimum Gasteiger partial charge on any atom is -0.463 e. The molecule has 4 aromatic carbocycles. The number of benzene rings is 4. The maximum Gasteiger partial charge on any atom is 0.309 e. The number of aliphatic hydroxyl groups is 1. The average Bonchev–Trinajstić information content (AvgIpc) is 3.15. The molecule has 0 bridgehead atoms. The van der Waals surface area contributed by atoms with Gasteiger partial charge in [-0.2, -0.15) is 0 Å². The van der Waals surface area contributed by atoms with E-state index in [0.717, 1.165) is 21.9 Å². The minimum absolute atomic E-state index is 0.0961. The van der Waals surface area contributed by atoms with Crippen molar-refractivity contribution >= 4 is 40.2 Å². The number of hydrogen-bond donors (Lipinski definition) is 3. The fraction of sp³-hybridized carbons (Fsp3) is 0.286. The fourth-order valence-corrected chi connectivity index (χ4v) is 5.81. The molecule has 0 fully saturated rings. The lowest BCUT2D eigenvalue weighted by atomic mass is 9.95. The molecule has 3 amide bonds. The number of hydrogen-bond acceptors (Lipinski definition) is 6. The lowest BCUT2D eigenvalue weighted by molar-refractivity contribution is -0.150. The first-order valence-corrected chi connectivity index (χ1v) is 17.3. The lowest BCUT2D eigenvalue weighted by Crippen LogP contribution is -2.50. The first-order chi connectivity index (χ1) is 24.8. The molecule has 0 radical (unpaired) electrons. The predicted molar refractivity (Wildman–Crippen MR) is 200 cm³/mol. The van der Waals surface area contributed by atoms with Gasteiger partial charge in [0.05, 0.1) is 18.4 Å². The van der Waals surface area contributed by atoms with Gasteiger partial charge in [-0.3, -0.25) is 19.2 Å². The van der Waals surface area contributed by atoms with Crippen LogP contribution in [0.25, 0.3) is 10.8 Å². The van der Waals surface area contributed by atoms with Crippen LogP contribution in [0.2, 0.25) is 0 Å². The van der Waals surface area contributed by atoms with E-state index in [2.05, 4.69) is 23.8 Å². The van der Waals surface area contributed by atoms with E-state index in [1.165, 1.54) is 4.90 Å². The third kappa shape index (κ3) is 12.1. The monoisotopic (exact) mass is 689 g/mol. The lowest BCUT2D eigenvalue weighted by Gasteiger charge is -2.26. The van der Waals surface area contributed by atoms with Gasteiger partial charge in [-0.1, -0.05) is 103 Å². The van der Waals surface area contributed by atoms with Crippen molar-refractivity contribution < 1.29 is 29.0 Å². The SMILES string of the molecule is C=CCC[C@H](Cc1ccccc1)C(=O)OC[C@H](NC(=O)[C@@H](CC=C)CC(=O)N(CCO)Cc1ccccc1)C(=O)Nc1ccc2ccccc2c1. The molecular weight excluding hydrogens is 642 g/mol. The van der Waals surface area contributed by atoms with E-state index < -0.39 is 42.3 Å². The number of esters is 1. The molecule has 3 atom stereocenters. The highest BCUT2D eigenvalue weighted by molar-refractivity contribution is 5.99. The number of fused-ring (bicyclic) bond motifs is 1. The summed E-state index contributed by atoms with van der Waals surface area (Å²) in [5.41, 5.74) is 2.37. The van der Waals surface area contributed by atoms with Crippen molar-refractivity contribution in [2.45, 2.75) is 44.7 Å². The van der Waals surface area contributed by atoms with E-state index in [1.807, 2.05) is 97.1 Å². The van der Waals surface area contributed by atoms with Crippen LogP contribution in [0, 0.1) is 11.8 Å². The van der Waals surface area contributed by atoms with Crippen molar-refractivity contribution in [2.75, 3.05) is 25.1 Å². The van der Waals surface area contributed by atoms with Gasteiger partial charge in [0.2, 0.25) is 11.8 Å². The summed E-state index contributed by atoms with van der Waals surface area (Å²) in [7, 11) is 0. The summed E-state index contributed by atoms with van der Waals surface area (Å²) in [6.45, 7) is 7.27. The maximum atomic E-state index is 13.8. The second-order valence-corrected chi connectivity index (χ2v) is 12.4. The number of aliphatic hydroxyl groups excluding tert-OH is 1. The molecule has 0 aliphatic rings. The van der Waals surface area contributed by atoms with Gasteiger partial charge >= 0.3 is 5.97 Å². The molecule has 51 heavy (non-hydrogen) atoms. The van der Waals surface area contributed by atoms with Crippen LogP contribution >= 0.6 is 0 Å². The molecule has 0 aromatic heterocycles. The number of rotatable bonds is 20. The summed E-state index contributed by atoms with van der Waals surface area (Å²) in [4.78, 5) is 56.0. The molecule has 0 aliphatic carbocycles. The Kier molecular flexibility index (Phi) is 15.2. The smallest absolute Gasteiger partial charge is 0.309 e. The molecule has 0 spiro atoms. The largest absolute Gasteiger partial charge is 0.463 e. The zero-order valence-corrected chi connectivity index (χ0v) is 28.9. The third-order valence-electron chi connectivity index (χ3n) is 8.60. The number of allylic oxidation sites excluding steroid dienone is 2.